The fourth-order valence-corrected chi connectivity index (χ4v) is 3.06. The van der Waals surface area contributed by atoms with Crippen LogP contribution in [0.1, 0.15) is 27.6 Å². The molecule has 0 fully saturated rings. The van der Waals surface area contributed by atoms with Crippen molar-refractivity contribution in [2.24, 2.45) is 0 Å². The number of amides is 1. The van der Waals surface area contributed by atoms with Crippen molar-refractivity contribution in [3.8, 4) is 22.8 Å². The number of ether oxygens (including phenoxy) is 1. The molecule has 0 bridgehead atoms. The molecule has 1 aromatic heterocycles. The van der Waals surface area contributed by atoms with Crippen LogP contribution in [0.4, 0.5) is 5.69 Å². The average molecular weight is 408 g/mol. The van der Waals surface area contributed by atoms with E-state index in [0.717, 1.165) is 11.3 Å². The van der Waals surface area contributed by atoms with Crippen LogP contribution in [0.2, 0.25) is 0 Å². The van der Waals surface area contributed by atoms with Crippen LogP contribution in [0.5, 0.6) is 11.5 Å². The van der Waals surface area contributed by atoms with Crippen molar-refractivity contribution in [2.45, 2.75) is 6.92 Å². The third-order valence-electron chi connectivity index (χ3n) is 4.68. The fourth-order valence-electron chi connectivity index (χ4n) is 3.06. The van der Waals surface area contributed by atoms with Crippen LogP contribution < -0.4 is 10.1 Å². The number of Topliss-reactive ketones (excluding diaryl/α,β-unsaturated/α-hetero) is 1. The van der Waals surface area contributed by atoms with E-state index in [1.165, 1.54) is 6.92 Å². The number of aromatic nitrogens is 1. The monoisotopic (exact) mass is 408 g/mol. The van der Waals surface area contributed by atoms with Crippen molar-refractivity contribution in [2.75, 3.05) is 5.32 Å². The summed E-state index contributed by atoms with van der Waals surface area (Å²) in [6.45, 7) is 1.52. The number of carbonyl (C=O) groups excluding carboxylic acids is 2. The molecular formula is C26H20N2O3. The van der Waals surface area contributed by atoms with Crippen LogP contribution in [0, 0.1) is 0 Å². The van der Waals surface area contributed by atoms with E-state index in [-0.39, 0.29) is 11.7 Å². The first-order valence-corrected chi connectivity index (χ1v) is 9.80. The maximum absolute atomic E-state index is 12.7. The first-order valence-electron chi connectivity index (χ1n) is 9.80. The zero-order valence-electron chi connectivity index (χ0n) is 16.9. The standard InChI is InChI=1S/C26H20N2O3/c1-18(29)19-6-5-7-20(16-19)25-17-21(14-15-27-25)26(30)28-22-10-12-24(13-11-22)31-23-8-3-2-4-9-23/h2-17H,1H3,(H,28,30). The SMILES string of the molecule is CC(=O)c1cccc(-c2cc(C(=O)Nc3ccc(Oc4ccccc4)cc3)ccn2)c1. The third kappa shape index (κ3) is 5.03. The number of ketones is 1. The molecule has 0 aliphatic rings. The molecule has 1 amide bonds. The Morgan fingerprint density at radius 3 is 2.26 bits per heavy atom. The molecule has 0 spiro atoms. The van der Waals surface area contributed by atoms with Crippen molar-refractivity contribution in [1.82, 2.24) is 4.98 Å². The van der Waals surface area contributed by atoms with Crippen LogP contribution in [-0.4, -0.2) is 16.7 Å². The molecule has 5 nitrogen and oxygen atoms in total. The number of hydrogen-bond acceptors (Lipinski definition) is 4. The van der Waals surface area contributed by atoms with Gasteiger partial charge in [-0.1, -0.05) is 36.4 Å². The molecule has 152 valence electrons. The molecule has 0 aliphatic heterocycles. The van der Waals surface area contributed by atoms with Crippen molar-refractivity contribution < 1.29 is 14.3 Å². The van der Waals surface area contributed by atoms with E-state index in [0.29, 0.717) is 28.3 Å². The van der Waals surface area contributed by atoms with E-state index in [4.69, 9.17) is 4.74 Å². The van der Waals surface area contributed by atoms with Crippen molar-refractivity contribution >= 4 is 17.4 Å². The largest absolute Gasteiger partial charge is 0.457 e. The normalized spacial score (nSPS) is 10.4. The number of rotatable bonds is 6. The summed E-state index contributed by atoms with van der Waals surface area (Å²) < 4.78 is 5.77. The van der Waals surface area contributed by atoms with E-state index >= 15 is 0 Å². The number of pyridine rings is 1. The molecule has 0 unspecified atom stereocenters. The second-order valence-electron chi connectivity index (χ2n) is 6.96. The van der Waals surface area contributed by atoms with Crippen molar-refractivity contribution in [3.63, 3.8) is 0 Å². The maximum atomic E-state index is 12.7. The number of benzene rings is 3. The summed E-state index contributed by atoms with van der Waals surface area (Å²) in [5.74, 6) is 1.16. The minimum Gasteiger partial charge on any atom is -0.457 e. The third-order valence-corrected chi connectivity index (χ3v) is 4.68. The van der Waals surface area contributed by atoms with Gasteiger partial charge in [0.15, 0.2) is 5.78 Å². The summed E-state index contributed by atoms with van der Waals surface area (Å²) in [4.78, 5) is 28.7. The van der Waals surface area contributed by atoms with E-state index in [9.17, 15) is 9.59 Å². The van der Waals surface area contributed by atoms with Gasteiger partial charge in [0.2, 0.25) is 0 Å². The summed E-state index contributed by atoms with van der Waals surface area (Å²) in [7, 11) is 0. The first kappa shape index (κ1) is 20.0. The zero-order valence-corrected chi connectivity index (χ0v) is 16.9. The molecule has 1 heterocycles. The molecule has 0 radical (unpaired) electrons. The number of nitrogens with zero attached hydrogens (tertiary/aromatic N) is 1. The topological polar surface area (TPSA) is 68.3 Å². The van der Waals surface area contributed by atoms with E-state index in [1.807, 2.05) is 36.4 Å². The predicted octanol–water partition coefficient (Wildman–Crippen LogP) is 6.00. The summed E-state index contributed by atoms with van der Waals surface area (Å²) in [6, 6.07) is 27.2. The molecule has 3 aromatic carbocycles. The highest BCUT2D eigenvalue weighted by atomic mass is 16.5. The summed E-state index contributed by atoms with van der Waals surface area (Å²) >= 11 is 0. The number of para-hydroxylation sites is 1. The highest BCUT2D eigenvalue weighted by Crippen LogP contribution is 2.24. The quantitative estimate of drug-likeness (QED) is 0.398. The van der Waals surface area contributed by atoms with Gasteiger partial charge in [-0.05, 0) is 61.5 Å². The average Bonchev–Trinajstić information content (AvgIpc) is 2.81. The minimum atomic E-state index is -0.247. The Bertz CT molecular complexity index is 1220. The van der Waals surface area contributed by atoms with Crippen LogP contribution >= 0.6 is 0 Å². The minimum absolute atomic E-state index is 0.0181. The van der Waals surface area contributed by atoms with Crippen LogP contribution in [0.15, 0.2) is 97.2 Å². The maximum Gasteiger partial charge on any atom is 0.255 e. The van der Waals surface area contributed by atoms with Gasteiger partial charge in [-0.15, -0.1) is 0 Å². The summed E-state index contributed by atoms with van der Waals surface area (Å²) in [6.07, 6.45) is 1.58. The molecule has 5 heteroatoms. The van der Waals surface area contributed by atoms with E-state index in [2.05, 4.69) is 10.3 Å². The first-order chi connectivity index (χ1) is 15.1. The lowest BCUT2D eigenvalue weighted by molar-refractivity contribution is 0.101. The van der Waals surface area contributed by atoms with Gasteiger partial charge >= 0.3 is 0 Å². The second-order valence-corrected chi connectivity index (χ2v) is 6.96. The van der Waals surface area contributed by atoms with Gasteiger partial charge in [-0.2, -0.15) is 0 Å². The lowest BCUT2D eigenvalue weighted by atomic mass is 10.0. The smallest absolute Gasteiger partial charge is 0.255 e. The van der Waals surface area contributed by atoms with Gasteiger partial charge in [-0.3, -0.25) is 14.6 Å². The van der Waals surface area contributed by atoms with Gasteiger partial charge in [0.05, 0.1) is 5.69 Å². The van der Waals surface area contributed by atoms with Crippen molar-refractivity contribution in [3.05, 3.63) is 108 Å². The van der Waals surface area contributed by atoms with Crippen LogP contribution in [0.3, 0.4) is 0 Å². The van der Waals surface area contributed by atoms with E-state index < -0.39 is 0 Å². The van der Waals surface area contributed by atoms with E-state index in [1.54, 1.807) is 60.8 Å². The van der Waals surface area contributed by atoms with Crippen LogP contribution in [0.25, 0.3) is 11.3 Å². The lowest BCUT2D eigenvalue weighted by Crippen LogP contribution is -2.12. The second kappa shape index (κ2) is 9.05. The van der Waals surface area contributed by atoms with Crippen molar-refractivity contribution in [1.29, 1.82) is 0 Å². The number of nitrogens with one attached hydrogen (secondary N) is 1. The van der Waals surface area contributed by atoms with Gasteiger partial charge in [0.1, 0.15) is 11.5 Å². The Morgan fingerprint density at radius 1 is 0.774 bits per heavy atom. The highest BCUT2D eigenvalue weighted by molar-refractivity contribution is 6.04. The zero-order chi connectivity index (χ0) is 21.6. The molecular weight excluding hydrogens is 388 g/mol. The molecule has 0 saturated heterocycles. The number of carbonyl (C=O) groups is 2. The van der Waals surface area contributed by atoms with Gasteiger partial charge in [-0.25, -0.2) is 0 Å². The Hall–Kier alpha value is -4.25. The number of anilines is 1. The highest BCUT2D eigenvalue weighted by Gasteiger charge is 2.10. The molecule has 0 aliphatic carbocycles. The number of hydrogen-bond donors (Lipinski definition) is 1. The summed E-state index contributed by atoms with van der Waals surface area (Å²) in [5.41, 5.74) is 3.14. The van der Waals surface area contributed by atoms with Gasteiger partial charge < -0.3 is 10.1 Å². The van der Waals surface area contributed by atoms with Crippen LogP contribution in [-0.2, 0) is 0 Å². The molecule has 0 atom stereocenters. The van der Waals surface area contributed by atoms with Gasteiger partial charge in [0, 0.05) is 28.6 Å². The fraction of sp³-hybridized carbons (Fsp3) is 0.0385. The Morgan fingerprint density at radius 2 is 1.52 bits per heavy atom. The molecule has 4 rings (SSSR count). The van der Waals surface area contributed by atoms with Gasteiger partial charge in [0.25, 0.3) is 5.91 Å². The molecule has 0 saturated carbocycles. The Labute approximate surface area is 180 Å². The Kier molecular flexibility index (Phi) is 5.85. The lowest BCUT2D eigenvalue weighted by Gasteiger charge is -2.09. The predicted molar refractivity (Wildman–Crippen MR) is 121 cm³/mol. The molecule has 4 aromatic rings. The Balaban J connectivity index is 1.47. The molecule has 1 N–H and O–H groups in total. The summed E-state index contributed by atoms with van der Waals surface area (Å²) in [5, 5.41) is 2.88. The molecule has 31 heavy (non-hydrogen) atoms.